The molecule has 0 saturated heterocycles. The van der Waals surface area contributed by atoms with Crippen LogP contribution in [0.5, 0.6) is 0 Å². The molecular weight excluding hydrogens is 196 g/mol. The summed E-state index contributed by atoms with van der Waals surface area (Å²) in [7, 11) is 0. The predicted molar refractivity (Wildman–Crippen MR) is 57.2 cm³/mol. The minimum atomic E-state index is -0.554. The van der Waals surface area contributed by atoms with Gasteiger partial charge in [-0.25, -0.2) is 4.79 Å². The second-order valence-electron chi connectivity index (χ2n) is 3.33. The van der Waals surface area contributed by atoms with E-state index in [0.29, 0.717) is 19.6 Å². The van der Waals surface area contributed by atoms with Crippen LogP contribution in [0.4, 0.5) is 4.79 Å². The Labute approximate surface area is 90.4 Å². The zero-order valence-electron chi connectivity index (χ0n) is 9.41. The summed E-state index contributed by atoms with van der Waals surface area (Å²) >= 11 is 0. The molecule has 0 unspecified atom stereocenters. The minimum absolute atomic E-state index is 0.00546. The van der Waals surface area contributed by atoms with E-state index in [-0.39, 0.29) is 11.9 Å². The fraction of sp³-hybridized carbons (Fsp3) is 0.800. The van der Waals surface area contributed by atoms with Gasteiger partial charge < -0.3 is 15.8 Å². The van der Waals surface area contributed by atoms with Gasteiger partial charge in [-0.1, -0.05) is 13.8 Å². The van der Waals surface area contributed by atoms with E-state index in [1.54, 1.807) is 0 Å². The van der Waals surface area contributed by atoms with Crippen molar-refractivity contribution in [1.29, 1.82) is 0 Å². The van der Waals surface area contributed by atoms with Gasteiger partial charge in [0, 0.05) is 6.54 Å². The molecule has 88 valence electrons. The van der Waals surface area contributed by atoms with E-state index < -0.39 is 6.03 Å². The molecule has 0 aromatic rings. The van der Waals surface area contributed by atoms with E-state index in [9.17, 15) is 9.59 Å². The number of carbonyl (C=O) groups excluding carboxylic acids is 2. The van der Waals surface area contributed by atoms with Gasteiger partial charge in [-0.15, -0.1) is 0 Å². The summed E-state index contributed by atoms with van der Waals surface area (Å²) in [6.07, 6.45) is 2.19. The lowest BCUT2D eigenvalue weighted by molar-refractivity contribution is -0.148. The molecule has 0 aromatic heterocycles. The van der Waals surface area contributed by atoms with Crippen molar-refractivity contribution in [2.45, 2.75) is 33.1 Å². The van der Waals surface area contributed by atoms with Crippen LogP contribution in [0.2, 0.25) is 0 Å². The number of nitrogens with one attached hydrogen (secondary N) is 1. The number of carbonyl (C=O) groups is 2. The number of hydrogen-bond donors (Lipinski definition) is 2. The molecule has 0 heterocycles. The van der Waals surface area contributed by atoms with Crippen molar-refractivity contribution in [3.63, 3.8) is 0 Å². The summed E-state index contributed by atoms with van der Waals surface area (Å²) < 4.78 is 5.04. The topological polar surface area (TPSA) is 81.4 Å². The first-order chi connectivity index (χ1) is 7.11. The van der Waals surface area contributed by atoms with Crippen LogP contribution in [-0.4, -0.2) is 25.2 Å². The van der Waals surface area contributed by atoms with E-state index in [2.05, 4.69) is 5.32 Å². The molecule has 0 atom stereocenters. The number of hydrogen-bond acceptors (Lipinski definition) is 3. The Morgan fingerprint density at radius 2 is 1.93 bits per heavy atom. The SMILES string of the molecule is CCC(CC)C(=O)OCCCNC(N)=O. The van der Waals surface area contributed by atoms with Crippen LogP contribution in [0.15, 0.2) is 0 Å². The normalized spacial score (nSPS) is 10.1. The van der Waals surface area contributed by atoms with Crippen molar-refractivity contribution >= 4 is 12.0 Å². The highest BCUT2D eigenvalue weighted by Gasteiger charge is 2.14. The smallest absolute Gasteiger partial charge is 0.312 e. The molecule has 0 rings (SSSR count). The summed E-state index contributed by atoms with van der Waals surface area (Å²) in [5.41, 5.74) is 4.87. The maximum absolute atomic E-state index is 11.4. The minimum Gasteiger partial charge on any atom is -0.465 e. The van der Waals surface area contributed by atoms with Crippen LogP contribution >= 0.6 is 0 Å². The lowest BCUT2D eigenvalue weighted by atomic mass is 10.0. The van der Waals surface area contributed by atoms with Gasteiger partial charge in [-0.05, 0) is 19.3 Å². The van der Waals surface area contributed by atoms with Crippen molar-refractivity contribution in [1.82, 2.24) is 5.32 Å². The third-order valence-corrected chi connectivity index (χ3v) is 2.18. The third-order valence-electron chi connectivity index (χ3n) is 2.18. The van der Waals surface area contributed by atoms with Crippen LogP contribution in [0, 0.1) is 5.92 Å². The number of primary amides is 1. The van der Waals surface area contributed by atoms with Crippen molar-refractivity contribution in [3.05, 3.63) is 0 Å². The van der Waals surface area contributed by atoms with E-state index in [1.807, 2.05) is 13.8 Å². The molecule has 0 aliphatic rings. The monoisotopic (exact) mass is 216 g/mol. The fourth-order valence-corrected chi connectivity index (χ4v) is 1.20. The molecule has 3 N–H and O–H groups in total. The fourth-order valence-electron chi connectivity index (χ4n) is 1.20. The van der Waals surface area contributed by atoms with Gasteiger partial charge in [0.15, 0.2) is 0 Å². The number of amides is 2. The Hall–Kier alpha value is -1.26. The lowest BCUT2D eigenvalue weighted by Gasteiger charge is -2.11. The number of nitrogens with two attached hydrogens (primary N) is 1. The number of rotatable bonds is 7. The van der Waals surface area contributed by atoms with Crippen molar-refractivity contribution in [2.75, 3.05) is 13.2 Å². The molecular formula is C10H20N2O3. The van der Waals surface area contributed by atoms with E-state index >= 15 is 0 Å². The zero-order chi connectivity index (χ0) is 11.7. The van der Waals surface area contributed by atoms with Crippen molar-refractivity contribution in [3.8, 4) is 0 Å². The maximum Gasteiger partial charge on any atom is 0.312 e. The number of urea groups is 1. The van der Waals surface area contributed by atoms with Gasteiger partial charge in [0.25, 0.3) is 0 Å². The summed E-state index contributed by atoms with van der Waals surface area (Å²) in [6, 6.07) is -0.554. The van der Waals surface area contributed by atoms with Gasteiger partial charge in [0.05, 0.1) is 12.5 Å². The van der Waals surface area contributed by atoms with Crippen molar-refractivity contribution < 1.29 is 14.3 Å². The quantitative estimate of drug-likeness (QED) is 0.492. The molecule has 5 nitrogen and oxygen atoms in total. The molecule has 0 aliphatic heterocycles. The zero-order valence-corrected chi connectivity index (χ0v) is 9.41. The molecule has 0 aromatic carbocycles. The van der Waals surface area contributed by atoms with Gasteiger partial charge >= 0.3 is 12.0 Å². The molecule has 0 spiro atoms. The molecule has 15 heavy (non-hydrogen) atoms. The predicted octanol–water partition coefficient (Wildman–Crippen LogP) is 1.02. The van der Waals surface area contributed by atoms with Gasteiger partial charge in [0.2, 0.25) is 0 Å². The van der Waals surface area contributed by atoms with Crippen LogP contribution in [0.3, 0.4) is 0 Å². The van der Waals surface area contributed by atoms with Gasteiger partial charge in [0.1, 0.15) is 0 Å². The van der Waals surface area contributed by atoms with Crippen LogP contribution in [0.25, 0.3) is 0 Å². The molecule has 0 bridgehead atoms. The highest BCUT2D eigenvalue weighted by atomic mass is 16.5. The average molecular weight is 216 g/mol. The Bertz CT molecular complexity index is 203. The Balaban J connectivity index is 3.50. The first kappa shape index (κ1) is 13.7. The summed E-state index contributed by atoms with van der Waals surface area (Å²) in [5, 5.41) is 2.42. The number of ether oxygens (including phenoxy) is 1. The molecule has 0 radical (unpaired) electrons. The van der Waals surface area contributed by atoms with Gasteiger partial charge in [-0.2, -0.15) is 0 Å². The van der Waals surface area contributed by atoms with E-state index in [1.165, 1.54) is 0 Å². The average Bonchev–Trinajstić information content (AvgIpc) is 2.18. The largest absolute Gasteiger partial charge is 0.465 e. The first-order valence-electron chi connectivity index (χ1n) is 5.31. The summed E-state index contributed by atoms with van der Waals surface area (Å²) in [6.45, 7) is 4.69. The molecule has 5 heteroatoms. The molecule has 0 aliphatic carbocycles. The molecule has 0 fully saturated rings. The van der Waals surface area contributed by atoms with Gasteiger partial charge in [-0.3, -0.25) is 4.79 Å². The maximum atomic E-state index is 11.4. The first-order valence-corrected chi connectivity index (χ1v) is 5.31. The van der Waals surface area contributed by atoms with Crippen LogP contribution in [-0.2, 0) is 9.53 Å². The van der Waals surface area contributed by atoms with Crippen LogP contribution < -0.4 is 11.1 Å². The molecule has 0 saturated carbocycles. The van der Waals surface area contributed by atoms with Crippen molar-refractivity contribution in [2.24, 2.45) is 11.7 Å². The van der Waals surface area contributed by atoms with E-state index in [0.717, 1.165) is 12.8 Å². The Kier molecular flexibility index (Phi) is 7.40. The molecule has 2 amide bonds. The lowest BCUT2D eigenvalue weighted by Crippen LogP contribution is -2.30. The summed E-state index contributed by atoms with van der Waals surface area (Å²) in [4.78, 5) is 21.7. The standard InChI is InChI=1S/C10H20N2O3/c1-3-8(4-2)9(13)15-7-5-6-12-10(11)14/h8H,3-7H2,1-2H3,(H3,11,12,14). The second-order valence-corrected chi connectivity index (χ2v) is 3.33. The van der Waals surface area contributed by atoms with E-state index in [4.69, 9.17) is 10.5 Å². The Morgan fingerprint density at radius 1 is 1.33 bits per heavy atom. The third kappa shape index (κ3) is 6.76. The highest BCUT2D eigenvalue weighted by Crippen LogP contribution is 2.09. The van der Waals surface area contributed by atoms with Crippen LogP contribution in [0.1, 0.15) is 33.1 Å². The summed E-state index contributed by atoms with van der Waals surface area (Å²) in [5.74, 6) is -0.159. The number of esters is 1. The Morgan fingerprint density at radius 3 is 2.40 bits per heavy atom. The second kappa shape index (κ2) is 8.08. The highest BCUT2D eigenvalue weighted by molar-refractivity contribution is 5.72.